The lowest BCUT2D eigenvalue weighted by atomic mass is 9.80. The molecule has 1 saturated heterocycles. The lowest BCUT2D eigenvalue weighted by Gasteiger charge is -2.40. The van der Waals surface area contributed by atoms with Crippen LogP contribution in [0.2, 0.25) is 0 Å². The van der Waals surface area contributed by atoms with Crippen LogP contribution in [0.25, 0.3) is 0 Å². The molecule has 0 aromatic carbocycles. The summed E-state index contributed by atoms with van der Waals surface area (Å²) in [6.45, 7) is 11.1. The van der Waals surface area contributed by atoms with Gasteiger partial charge in [-0.15, -0.1) is 24.4 Å². The van der Waals surface area contributed by atoms with Crippen molar-refractivity contribution in [2.45, 2.75) is 71.7 Å². The first-order valence-electron chi connectivity index (χ1n) is 9.98. The maximum Gasteiger partial charge on any atom is 0.342 e. The lowest BCUT2D eigenvalue weighted by Crippen LogP contribution is -2.45. The first kappa shape index (κ1) is 27.3. The maximum atomic E-state index is 11.8. The predicted octanol–water partition coefficient (Wildman–Crippen LogP) is 5.45. The number of aliphatic hydroxyl groups excluding tert-OH is 1. The van der Waals surface area contributed by atoms with Crippen molar-refractivity contribution in [3.63, 3.8) is 0 Å². The monoisotopic (exact) mass is 426 g/mol. The third-order valence-electron chi connectivity index (χ3n) is 4.65. The van der Waals surface area contributed by atoms with Crippen molar-refractivity contribution in [3.8, 4) is 12.8 Å². The Hall–Kier alpha value is -1.74. The van der Waals surface area contributed by atoms with Crippen LogP contribution in [0.3, 0.4) is 0 Å². The largest absolute Gasteiger partial charge is 0.507 e. The summed E-state index contributed by atoms with van der Waals surface area (Å²) < 4.78 is 16.7. The van der Waals surface area contributed by atoms with Crippen molar-refractivity contribution in [2.24, 2.45) is 0 Å². The van der Waals surface area contributed by atoms with Gasteiger partial charge in [-0.25, -0.2) is 4.79 Å². The molecule has 1 N–H and O–H groups in total. The summed E-state index contributed by atoms with van der Waals surface area (Å²) in [6, 6.07) is 0. The molecule has 2 spiro atoms. The van der Waals surface area contributed by atoms with E-state index in [1.165, 1.54) is 5.57 Å². The molecule has 0 radical (unpaired) electrons. The maximum absolute atomic E-state index is 11.8. The molecule has 164 valence electrons. The fourth-order valence-electron chi connectivity index (χ4n) is 3.25. The number of terminal acetylenes is 1. The first-order valence-corrected chi connectivity index (χ1v) is 10.5. The average Bonchev–Trinajstić information content (AvgIpc) is 3.27. The molecule has 2 aliphatic heterocycles. The fraction of sp³-hybridized carbons (Fsp3) is 0.609. The Bertz CT molecular complexity index is 610. The number of ether oxygens (including phenoxy) is 3. The second kappa shape index (κ2) is 13.5. The van der Waals surface area contributed by atoms with E-state index in [-0.39, 0.29) is 11.3 Å². The molecule has 6 heteroatoms. The molecule has 1 aliphatic carbocycles. The summed E-state index contributed by atoms with van der Waals surface area (Å²) in [5, 5.41) is 10.3. The standard InChI is InChI=1S/C14H18O5.C5H9Cl.C2H6.C2H2/c1-2-3-10-11(15)13(19-12(10)16)4-6-14(7-5-13)17-8-9-18-14;1-5(2)3-4-6;2*1-2/h2-3,15H,4-9H2,1H3;3H,4H2,1-2H3;1-2H3;1-2H/b3-2+;;;. The molecule has 0 atom stereocenters. The zero-order chi connectivity index (χ0) is 22.5. The summed E-state index contributed by atoms with van der Waals surface area (Å²) in [4.78, 5) is 11.8. The molecule has 2 heterocycles. The molecule has 0 aromatic rings. The van der Waals surface area contributed by atoms with E-state index in [1.807, 2.05) is 33.8 Å². The molecule has 0 unspecified atom stereocenters. The van der Waals surface area contributed by atoms with Gasteiger partial charge in [0.25, 0.3) is 0 Å². The molecule has 1 saturated carbocycles. The molecule has 3 rings (SSSR count). The van der Waals surface area contributed by atoms with E-state index in [2.05, 4.69) is 12.8 Å². The Balaban J connectivity index is 0.000000670. The summed E-state index contributed by atoms with van der Waals surface area (Å²) in [6.07, 6.45) is 15.6. The van der Waals surface area contributed by atoms with Crippen LogP contribution >= 0.6 is 11.6 Å². The van der Waals surface area contributed by atoms with Gasteiger partial charge in [0, 0.05) is 18.7 Å². The zero-order valence-electron chi connectivity index (χ0n) is 18.3. The van der Waals surface area contributed by atoms with Crippen molar-refractivity contribution in [3.05, 3.63) is 35.1 Å². The van der Waals surface area contributed by atoms with Gasteiger partial charge in [0.05, 0.1) is 13.2 Å². The average molecular weight is 427 g/mol. The molecule has 0 aromatic heterocycles. The van der Waals surface area contributed by atoms with Crippen LogP contribution in [0.1, 0.15) is 60.3 Å². The van der Waals surface area contributed by atoms with E-state index in [0.29, 0.717) is 44.8 Å². The summed E-state index contributed by atoms with van der Waals surface area (Å²) in [5.74, 6) is -0.271. The van der Waals surface area contributed by atoms with E-state index < -0.39 is 17.4 Å². The zero-order valence-corrected chi connectivity index (χ0v) is 19.1. The van der Waals surface area contributed by atoms with Gasteiger partial charge in [-0.3, -0.25) is 0 Å². The first-order chi connectivity index (χ1) is 13.9. The number of halogens is 1. The van der Waals surface area contributed by atoms with Gasteiger partial charge in [0.15, 0.2) is 17.1 Å². The highest BCUT2D eigenvalue weighted by molar-refractivity contribution is 6.18. The minimum atomic E-state index is -0.869. The highest BCUT2D eigenvalue weighted by Gasteiger charge is 2.54. The molecule has 5 nitrogen and oxygen atoms in total. The number of esters is 1. The van der Waals surface area contributed by atoms with Crippen molar-refractivity contribution in [1.82, 2.24) is 0 Å². The van der Waals surface area contributed by atoms with Crippen LogP contribution in [-0.2, 0) is 19.0 Å². The Labute approximate surface area is 180 Å². The van der Waals surface area contributed by atoms with Gasteiger partial charge >= 0.3 is 5.97 Å². The Morgan fingerprint density at radius 2 is 1.66 bits per heavy atom. The number of hydrogen-bond acceptors (Lipinski definition) is 5. The van der Waals surface area contributed by atoms with Crippen LogP contribution in [0.15, 0.2) is 35.1 Å². The molecular weight excluding hydrogens is 392 g/mol. The molecule has 2 fully saturated rings. The van der Waals surface area contributed by atoms with Crippen LogP contribution in [0.5, 0.6) is 0 Å². The fourth-order valence-corrected chi connectivity index (χ4v) is 3.56. The minimum Gasteiger partial charge on any atom is -0.507 e. The van der Waals surface area contributed by atoms with Gasteiger partial charge < -0.3 is 19.3 Å². The summed E-state index contributed by atoms with van der Waals surface area (Å²) in [7, 11) is 0. The lowest BCUT2D eigenvalue weighted by molar-refractivity contribution is -0.205. The molecule has 3 aliphatic rings. The molecular formula is C23H35ClO5. The minimum absolute atomic E-state index is 0.0587. The Morgan fingerprint density at radius 3 is 2.03 bits per heavy atom. The molecule has 0 bridgehead atoms. The van der Waals surface area contributed by atoms with Crippen LogP contribution < -0.4 is 0 Å². The number of hydrogen-bond donors (Lipinski definition) is 1. The highest BCUT2D eigenvalue weighted by atomic mass is 35.5. The van der Waals surface area contributed by atoms with Crippen LogP contribution in [0, 0.1) is 12.8 Å². The van der Waals surface area contributed by atoms with Crippen LogP contribution in [0.4, 0.5) is 0 Å². The number of carbonyl (C=O) groups is 1. The SMILES string of the molecule is C#C.C/C=C/C1=C(O)C2(CCC3(CC2)OCCO3)OC1=O.CC.CC(C)=CCCl. The number of aliphatic hydroxyl groups is 1. The Morgan fingerprint density at radius 1 is 1.14 bits per heavy atom. The second-order valence-corrected chi connectivity index (χ2v) is 7.00. The normalized spacial score (nSPS) is 20.8. The quantitative estimate of drug-likeness (QED) is 0.275. The van der Waals surface area contributed by atoms with Crippen LogP contribution in [-0.4, -0.2) is 41.6 Å². The third-order valence-corrected chi connectivity index (χ3v) is 4.80. The van der Waals surface area contributed by atoms with E-state index in [0.717, 1.165) is 0 Å². The number of allylic oxidation sites excluding steroid dienone is 3. The summed E-state index contributed by atoms with van der Waals surface area (Å²) >= 11 is 5.32. The van der Waals surface area contributed by atoms with E-state index in [1.54, 1.807) is 19.1 Å². The molecule has 0 amide bonds. The number of alkyl halides is 1. The smallest absolute Gasteiger partial charge is 0.342 e. The van der Waals surface area contributed by atoms with Gasteiger partial charge in [-0.2, -0.15) is 0 Å². The highest BCUT2D eigenvalue weighted by Crippen LogP contribution is 2.48. The Kier molecular flexibility index (Phi) is 12.7. The van der Waals surface area contributed by atoms with E-state index in [9.17, 15) is 9.90 Å². The van der Waals surface area contributed by atoms with Gasteiger partial charge in [-0.05, 0) is 39.7 Å². The number of carbonyl (C=O) groups excluding carboxylic acids is 1. The number of rotatable bonds is 2. The van der Waals surface area contributed by atoms with E-state index >= 15 is 0 Å². The molecule has 29 heavy (non-hydrogen) atoms. The van der Waals surface area contributed by atoms with Crippen molar-refractivity contribution in [2.75, 3.05) is 19.1 Å². The summed E-state index contributed by atoms with van der Waals surface area (Å²) in [5.41, 5.74) is 0.684. The topological polar surface area (TPSA) is 65.0 Å². The third kappa shape index (κ3) is 7.22. The van der Waals surface area contributed by atoms with Crippen molar-refractivity contribution < 1.29 is 24.1 Å². The van der Waals surface area contributed by atoms with Crippen molar-refractivity contribution in [1.29, 1.82) is 0 Å². The van der Waals surface area contributed by atoms with Crippen molar-refractivity contribution >= 4 is 17.6 Å². The van der Waals surface area contributed by atoms with Gasteiger partial charge in [0.1, 0.15) is 5.57 Å². The van der Waals surface area contributed by atoms with Gasteiger partial charge in [-0.1, -0.05) is 31.6 Å². The van der Waals surface area contributed by atoms with Gasteiger partial charge in [0.2, 0.25) is 0 Å². The second-order valence-electron chi connectivity index (χ2n) is 6.69. The van der Waals surface area contributed by atoms with E-state index in [4.69, 9.17) is 25.8 Å². The predicted molar refractivity (Wildman–Crippen MR) is 118 cm³/mol.